The minimum atomic E-state index is 0.783. The normalized spacial score (nSPS) is 12.0. The van der Waals surface area contributed by atoms with Gasteiger partial charge in [0.15, 0.2) is 11.5 Å². The Morgan fingerprint density at radius 1 is 1.00 bits per heavy atom. The highest BCUT2D eigenvalue weighted by atomic mass is 16.5. The van der Waals surface area contributed by atoms with E-state index in [-0.39, 0.29) is 0 Å². The van der Waals surface area contributed by atoms with Gasteiger partial charge >= 0.3 is 0 Å². The predicted molar refractivity (Wildman–Crippen MR) is 70.6 cm³/mol. The minimum Gasteiger partial charge on any atom is -0.453 e. The first-order chi connectivity index (χ1) is 9.42. The highest BCUT2D eigenvalue weighted by molar-refractivity contribution is 5.87. The molecule has 1 aliphatic heterocycles. The van der Waals surface area contributed by atoms with E-state index in [1.54, 1.807) is 6.26 Å². The van der Waals surface area contributed by atoms with Crippen LogP contribution in [0.5, 0.6) is 11.5 Å². The van der Waals surface area contributed by atoms with Gasteiger partial charge in [-0.2, -0.15) is 0 Å². The molecule has 0 spiro atoms. The maximum absolute atomic E-state index is 5.89. The van der Waals surface area contributed by atoms with Crippen LogP contribution in [-0.2, 0) is 0 Å². The number of para-hydroxylation sites is 3. The van der Waals surface area contributed by atoms with Crippen LogP contribution in [0.25, 0.3) is 11.1 Å². The highest BCUT2D eigenvalue weighted by Crippen LogP contribution is 2.45. The van der Waals surface area contributed by atoms with Crippen LogP contribution in [0, 0.1) is 6.20 Å². The van der Waals surface area contributed by atoms with Gasteiger partial charge in [0.2, 0.25) is 0 Å². The molecule has 1 N–H and O–H groups in total. The van der Waals surface area contributed by atoms with Crippen molar-refractivity contribution >= 4 is 11.4 Å². The molecule has 0 amide bonds. The first-order valence-electron chi connectivity index (χ1n) is 5.91. The molecule has 0 atom stereocenters. The van der Waals surface area contributed by atoms with Crippen molar-refractivity contribution in [1.29, 1.82) is 0 Å². The highest BCUT2D eigenvalue weighted by Gasteiger charge is 2.19. The van der Waals surface area contributed by atoms with E-state index in [1.807, 2.05) is 42.5 Å². The first kappa shape index (κ1) is 10.2. The summed E-state index contributed by atoms with van der Waals surface area (Å²) in [5, 5.41) is 7.01. The molecule has 91 valence electrons. The molecule has 0 fully saturated rings. The van der Waals surface area contributed by atoms with E-state index in [9.17, 15) is 0 Å². The van der Waals surface area contributed by atoms with E-state index < -0.39 is 0 Å². The molecule has 2 heterocycles. The molecule has 0 saturated carbocycles. The van der Waals surface area contributed by atoms with Crippen molar-refractivity contribution in [3.05, 3.63) is 54.9 Å². The van der Waals surface area contributed by atoms with Crippen molar-refractivity contribution in [2.24, 2.45) is 0 Å². The topological polar surface area (TPSA) is 47.3 Å². The second kappa shape index (κ2) is 3.88. The molecule has 1 radical (unpaired) electrons. The Balaban J connectivity index is 1.88. The minimum absolute atomic E-state index is 0.783. The smallest absolute Gasteiger partial charge is 0.151 e. The summed E-state index contributed by atoms with van der Waals surface area (Å²) in [6, 6.07) is 13.7. The van der Waals surface area contributed by atoms with Crippen molar-refractivity contribution in [3.8, 4) is 22.6 Å². The summed E-state index contributed by atoms with van der Waals surface area (Å²) in [7, 11) is 0. The third-order valence-electron chi connectivity index (χ3n) is 3.07. The fourth-order valence-electron chi connectivity index (χ4n) is 2.19. The van der Waals surface area contributed by atoms with Crippen LogP contribution in [0.1, 0.15) is 0 Å². The number of ether oxygens (including phenoxy) is 1. The molecule has 19 heavy (non-hydrogen) atoms. The standard InChI is InChI=1S/C15H9N2O2/c1-2-6-13-12(5-1)17-15-11(10-8-16-18-9-10)4-3-7-14(15)19-13/h1-7,9,17H. The van der Waals surface area contributed by atoms with Crippen LogP contribution < -0.4 is 10.1 Å². The van der Waals surface area contributed by atoms with Crippen LogP contribution in [0.4, 0.5) is 11.4 Å². The van der Waals surface area contributed by atoms with E-state index in [1.165, 1.54) is 0 Å². The van der Waals surface area contributed by atoms with E-state index in [0.29, 0.717) is 0 Å². The summed E-state index contributed by atoms with van der Waals surface area (Å²) >= 11 is 0. The van der Waals surface area contributed by atoms with Gasteiger partial charge in [0.1, 0.15) is 12.5 Å². The van der Waals surface area contributed by atoms with Gasteiger partial charge in [-0.25, -0.2) is 0 Å². The quantitative estimate of drug-likeness (QED) is 0.554. The maximum atomic E-state index is 5.89. The largest absolute Gasteiger partial charge is 0.453 e. The number of fused-ring (bicyclic) bond motifs is 2. The summed E-state index contributed by atoms with van der Waals surface area (Å²) in [6.45, 7) is 0. The Hall–Kier alpha value is -2.75. The van der Waals surface area contributed by atoms with E-state index in [2.05, 4.69) is 16.7 Å². The van der Waals surface area contributed by atoms with Crippen molar-refractivity contribution in [3.63, 3.8) is 0 Å². The van der Waals surface area contributed by atoms with Gasteiger partial charge in [-0.3, -0.25) is 0 Å². The van der Waals surface area contributed by atoms with Gasteiger partial charge in [-0.15, -0.1) is 0 Å². The van der Waals surface area contributed by atoms with E-state index in [0.717, 1.165) is 34.0 Å². The van der Waals surface area contributed by atoms with Crippen molar-refractivity contribution in [2.45, 2.75) is 0 Å². The molecule has 1 aliphatic rings. The van der Waals surface area contributed by atoms with Crippen molar-refractivity contribution < 1.29 is 9.26 Å². The number of rotatable bonds is 1. The molecule has 3 aromatic rings. The monoisotopic (exact) mass is 249 g/mol. The molecule has 2 aromatic carbocycles. The van der Waals surface area contributed by atoms with Crippen LogP contribution >= 0.6 is 0 Å². The Bertz CT molecular complexity index is 736. The van der Waals surface area contributed by atoms with Crippen LogP contribution in [0.3, 0.4) is 0 Å². The second-order valence-electron chi connectivity index (χ2n) is 4.24. The summed E-state index contributed by atoms with van der Waals surface area (Å²) in [6.07, 6.45) is 4.38. The molecular formula is C15H9N2O2. The second-order valence-corrected chi connectivity index (χ2v) is 4.24. The molecular weight excluding hydrogens is 240 g/mol. The van der Waals surface area contributed by atoms with Crippen LogP contribution in [0.2, 0.25) is 0 Å². The average Bonchev–Trinajstić information content (AvgIpc) is 2.98. The molecule has 0 unspecified atom stereocenters. The number of anilines is 2. The lowest BCUT2D eigenvalue weighted by molar-refractivity contribution is 0.418. The lowest BCUT2D eigenvalue weighted by Gasteiger charge is -2.23. The molecule has 1 aromatic heterocycles. The number of hydrogen-bond donors (Lipinski definition) is 1. The first-order valence-corrected chi connectivity index (χ1v) is 5.91. The molecule has 0 aliphatic carbocycles. The Labute approximate surface area is 109 Å². The fourth-order valence-corrected chi connectivity index (χ4v) is 2.19. The Morgan fingerprint density at radius 3 is 2.79 bits per heavy atom. The third kappa shape index (κ3) is 1.57. The summed E-state index contributed by atoms with van der Waals surface area (Å²) in [5.41, 5.74) is 3.60. The van der Waals surface area contributed by atoms with E-state index >= 15 is 0 Å². The van der Waals surface area contributed by atoms with Crippen molar-refractivity contribution in [2.75, 3.05) is 5.32 Å². The Morgan fingerprint density at radius 2 is 1.89 bits per heavy atom. The number of nitrogens with zero attached hydrogens (tertiary/aromatic N) is 1. The van der Waals surface area contributed by atoms with Gasteiger partial charge in [0.05, 0.1) is 16.9 Å². The summed E-state index contributed by atoms with van der Waals surface area (Å²) < 4.78 is 10.7. The maximum Gasteiger partial charge on any atom is 0.151 e. The zero-order valence-electron chi connectivity index (χ0n) is 9.88. The fraction of sp³-hybridized carbons (Fsp3) is 0. The van der Waals surface area contributed by atoms with Crippen LogP contribution in [0.15, 0.2) is 53.3 Å². The molecule has 4 rings (SSSR count). The van der Waals surface area contributed by atoms with Crippen molar-refractivity contribution in [1.82, 2.24) is 5.16 Å². The lowest BCUT2D eigenvalue weighted by atomic mass is 10.1. The van der Waals surface area contributed by atoms with Gasteiger partial charge < -0.3 is 14.6 Å². The zero-order chi connectivity index (χ0) is 12.7. The lowest BCUT2D eigenvalue weighted by Crippen LogP contribution is -2.03. The molecule has 4 heteroatoms. The van der Waals surface area contributed by atoms with Gasteiger partial charge in [-0.1, -0.05) is 29.4 Å². The third-order valence-corrected chi connectivity index (χ3v) is 3.07. The van der Waals surface area contributed by atoms with Crippen LogP contribution in [-0.4, -0.2) is 5.16 Å². The number of nitrogens with one attached hydrogen (secondary N) is 1. The van der Waals surface area contributed by atoms with Gasteiger partial charge in [0, 0.05) is 5.56 Å². The number of hydrogen-bond acceptors (Lipinski definition) is 4. The summed E-state index contributed by atoms with van der Waals surface area (Å²) in [4.78, 5) is 0. The SMILES string of the molecule is [c]1nocc1-c1cccc2c1Nc1ccccc1O2. The number of benzene rings is 2. The summed E-state index contributed by atoms with van der Waals surface area (Å²) in [5.74, 6) is 1.60. The zero-order valence-corrected chi connectivity index (χ0v) is 9.88. The molecule has 4 nitrogen and oxygen atoms in total. The number of aromatic nitrogens is 1. The molecule has 0 saturated heterocycles. The van der Waals surface area contributed by atoms with E-state index in [4.69, 9.17) is 9.26 Å². The average molecular weight is 249 g/mol. The van der Waals surface area contributed by atoms with Gasteiger partial charge in [0.25, 0.3) is 0 Å². The molecule has 0 bridgehead atoms. The predicted octanol–water partition coefficient (Wildman–Crippen LogP) is 3.99. The Kier molecular flexibility index (Phi) is 2.08. The van der Waals surface area contributed by atoms with Gasteiger partial charge in [-0.05, 0) is 18.2 Å².